The number of ether oxygens (including phenoxy) is 2. The van der Waals surface area contributed by atoms with Gasteiger partial charge >= 0.3 is 0 Å². The van der Waals surface area contributed by atoms with Gasteiger partial charge in [0.15, 0.2) is 11.5 Å². The summed E-state index contributed by atoms with van der Waals surface area (Å²) in [6.07, 6.45) is 4.89. The molecule has 3 aromatic carbocycles. The second kappa shape index (κ2) is 13.7. The smallest absolute Gasteiger partial charge is 0.162 e. The summed E-state index contributed by atoms with van der Waals surface area (Å²) in [7, 11) is 0. The predicted octanol–water partition coefficient (Wildman–Crippen LogP) is 6.60. The first-order valence-electron chi connectivity index (χ1n) is 12.0. The van der Waals surface area contributed by atoms with Crippen molar-refractivity contribution in [3.05, 3.63) is 95.6 Å². The van der Waals surface area contributed by atoms with E-state index in [1.807, 2.05) is 85.8 Å². The number of unbranched alkanes of at least 4 members (excludes halogenated alkanes) is 3. The van der Waals surface area contributed by atoms with Crippen LogP contribution in [-0.2, 0) is 13.2 Å². The summed E-state index contributed by atoms with van der Waals surface area (Å²) in [6.45, 7) is 2.72. The molecule has 33 heavy (non-hydrogen) atoms. The Hall–Kier alpha value is -2.82. The van der Waals surface area contributed by atoms with E-state index in [1.54, 1.807) is 0 Å². The number of hydrogen-bond acceptors (Lipinski definition) is 4. The Labute approximate surface area is 197 Å². The molecule has 2 atom stereocenters. The first kappa shape index (κ1) is 24.8. The van der Waals surface area contributed by atoms with E-state index < -0.39 is 6.10 Å². The van der Waals surface area contributed by atoms with Crippen molar-refractivity contribution in [3.8, 4) is 11.5 Å². The van der Waals surface area contributed by atoms with Crippen LogP contribution in [0.15, 0.2) is 78.9 Å². The van der Waals surface area contributed by atoms with Gasteiger partial charge in [-0.15, -0.1) is 0 Å². The van der Waals surface area contributed by atoms with Crippen LogP contribution in [-0.4, -0.2) is 16.3 Å². The lowest BCUT2D eigenvalue weighted by molar-refractivity contribution is 0.160. The van der Waals surface area contributed by atoms with E-state index >= 15 is 0 Å². The third-order valence-electron chi connectivity index (χ3n) is 5.68. The van der Waals surface area contributed by atoms with E-state index in [4.69, 9.17) is 9.47 Å². The zero-order valence-electron chi connectivity index (χ0n) is 19.5. The van der Waals surface area contributed by atoms with Crippen LogP contribution in [0.3, 0.4) is 0 Å². The van der Waals surface area contributed by atoms with Crippen molar-refractivity contribution in [1.29, 1.82) is 0 Å². The van der Waals surface area contributed by atoms with E-state index in [0.717, 1.165) is 48.8 Å². The van der Waals surface area contributed by atoms with E-state index in [2.05, 4.69) is 0 Å². The van der Waals surface area contributed by atoms with Gasteiger partial charge in [0.1, 0.15) is 13.2 Å². The molecule has 0 spiro atoms. The molecule has 4 nitrogen and oxygen atoms in total. The van der Waals surface area contributed by atoms with Crippen LogP contribution < -0.4 is 9.47 Å². The third-order valence-corrected chi connectivity index (χ3v) is 5.68. The van der Waals surface area contributed by atoms with Gasteiger partial charge in [-0.3, -0.25) is 0 Å². The minimum atomic E-state index is -0.538. The highest BCUT2D eigenvalue weighted by atomic mass is 16.5. The van der Waals surface area contributed by atoms with Crippen LogP contribution >= 0.6 is 0 Å². The van der Waals surface area contributed by atoms with Gasteiger partial charge in [-0.25, -0.2) is 0 Å². The van der Waals surface area contributed by atoms with Crippen molar-refractivity contribution in [2.24, 2.45) is 0 Å². The third kappa shape index (κ3) is 8.91. The van der Waals surface area contributed by atoms with Gasteiger partial charge in [-0.2, -0.15) is 0 Å². The molecule has 0 saturated carbocycles. The first-order chi connectivity index (χ1) is 16.1. The molecule has 0 amide bonds. The van der Waals surface area contributed by atoms with E-state index in [0.29, 0.717) is 31.1 Å². The number of rotatable bonds is 14. The molecule has 0 bridgehead atoms. The maximum atomic E-state index is 10.7. The second-order valence-electron chi connectivity index (χ2n) is 8.61. The second-order valence-corrected chi connectivity index (χ2v) is 8.61. The van der Waals surface area contributed by atoms with Crippen LogP contribution in [0.1, 0.15) is 68.2 Å². The molecule has 4 heteroatoms. The monoisotopic (exact) mass is 448 g/mol. The zero-order chi connectivity index (χ0) is 23.3. The molecular formula is C29H36O4. The Morgan fingerprint density at radius 2 is 1.18 bits per heavy atom. The van der Waals surface area contributed by atoms with Gasteiger partial charge in [-0.05, 0) is 48.6 Å². The SMILES string of the molecule is CC(O)CCCCCCC(O)c1ccc(OCc2ccccc2)c(OCc2ccccc2)c1. The van der Waals surface area contributed by atoms with Crippen LogP contribution in [0.25, 0.3) is 0 Å². The largest absolute Gasteiger partial charge is 0.485 e. The summed E-state index contributed by atoms with van der Waals surface area (Å²) in [5, 5.41) is 20.1. The molecule has 0 fully saturated rings. The summed E-state index contributed by atoms with van der Waals surface area (Å²) < 4.78 is 12.2. The highest BCUT2D eigenvalue weighted by Gasteiger charge is 2.13. The number of aliphatic hydroxyl groups excluding tert-OH is 2. The van der Waals surface area contributed by atoms with Crippen molar-refractivity contribution in [3.63, 3.8) is 0 Å². The van der Waals surface area contributed by atoms with Crippen molar-refractivity contribution >= 4 is 0 Å². The lowest BCUT2D eigenvalue weighted by atomic mass is 10.0. The molecule has 2 unspecified atom stereocenters. The van der Waals surface area contributed by atoms with Gasteiger partial charge in [0.05, 0.1) is 12.2 Å². The molecule has 0 aliphatic carbocycles. The van der Waals surface area contributed by atoms with E-state index in [-0.39, 0.29) is 6.10 Å². The quantitative estimate of drug-likeness (QED) is 0.273. The van der Waals surface area contributed by atoms with Crippen LogP contribution in [0.2, 0.25) is 0 Å². The van der Waals surface area contributed by atoms with Gasteiger partial charge < -0.3 is 19.7 Å². The fraction of sp³-hybridized carbons (Fsp3) is 0.379. The fourth-order valence-corrected chi connectivity index (χ4v) is 3.73. The van der Waals surface area contributed by atoms with Gasteiger partial charge in [0, 0.05) is 0 Å². The topological polar surface area (TPSA) is 58.9 Å². The Bertz CT molecular complexity index is 925. The summed E-state index contributed by atoms with van der Waals surface area (Å²) in [5.41, 5.74) is 3.01. The normalized spacial score (nSPS) is 12.8. The molecule has 176 valence electrons. The summed E-state index contributed by atoms with van der Waals surface area (Å²) >= 11 is 0. The van der Waals surface area contributed by atoms with Crippen molar-refractivity contribution in [1.82, 2.24) is 0 Å². The van der Waals surface area contributed by atoms with Crippen molar-refractivity contribution in [2.45, 2.75) is 70.9 Å². The highest BCUT2D eigenvalue weighted by molar-refractivity contribution is 5.44. The highest BCUT2D eigenvalue weighted by Crippen LogP contribution is 2.33. The Morgan fingerprint density at radius 3 is 1.76 bits per heavy atom. The molecule has 0 saturated heterocycles. The van der Waals surface area contributed by atoms with Crippen molar-refractivity contribution < 1.29 is 19.7 Å². The average molecular weight is 449 g/mol. The molecule has 2 N–H and O–H groups in total. The van der Waals surface area contributed by atoms with Crippen molar-refractivity contribution in [2.75, 3.05) is 0 Å². The Kier molecular flexibility index (Phi) is 10.3. The minimum Gasteiger partial charge on any atom is -0.485 e. The summed E-state index contributed by atoms with van der Waals surface area (Å²) in [4.78, 5) is 0. The molecule has 0 aliphatic heterocycles. The lowest BCUT2D eigenvalue weighted by Gasteiger charge is -2.17. The predicted molar refractivity (Wildman–Crippen MR) is 132 cm³/mol. The molecule has 0 aliphatic rings. The molecule has 3 aromatic rings. The van der Waals surface area contributed by atoms with Crippen LogP contribution in [0.4, 0.5) is 0 Å². The number of hydrogen-bond donors (Lipinski definition) is 2. The maximum absolute atomic E-state index is 10.7. The lowest BCUT2D eigenvalue weighted by Crippen LogP contribution is -2.03. The first-order valence-corrected chi connectivity index (χ1v) is 12.0. The van der Waals surface area contributed by atoms with Gasteiger partial charge in [0.2, 0.25) is 0 Å². The van der Waals surface area contributed by atoms with E-state index in [9.17, 15) is 10.2 Å². The van der Waals surface area contributed by atoms with Crippen LogP contribution in [0.5, 0.6) is 11.5 Å². The van der Waals surface area contributed by atoms with E-state index in [1.165, 1.54) is 0 Å². The number of aliphatic hydroxyl groups is 2. The molecular weight excluding hydrogens is 412 g/mol. The fourth-order valence-electron chi connectivity index (χ4n) is 3.73. The van der Waals surface area contributed by atoms with Gasteiger partial charge in [0.25, 0.3) is 0 Å². The van der Waals surface area contributed by atoms with Gasteiger partial charge in [-0.1, -0.05) is 92.4 Å². The molecule has 0 heterocycles. The molecule has 0 aromatic heterocycles. The maximum Gasteiger partial charge on any atom is 0.162 e. The Morgan fingerprint density at radius 1 is 0.636 bits per heavy atom. The molecule has 0 radical (unpaired) electrons. The standard InChI is InChI=1S/C29H36O4/c1-23(30)12-6-2-3-11-17-27(31)26-18-19-28(32-21-24-13-7-4-8-14-24)29(20-26)33-22-25-15-9-5-10-16-25/h4-5,7-10,13-16,18-20,23,27,30-31H,2-3,6,11-12,17,21-22H2,1H3. The zero-order valence-corrected chi connectivity index (χ0v) is 19.5. The Balaban J connectivity index is 1.61. The minimum absolute atomic E-state index is 0.229. The molecule has 3 rings (SSSR count). The number of benzene rings is 3. The van der Waals surface area contributed by atoms with Crippen LogP contribution in [0, 0.1) is 0 Å². The summed E-state index contributed by atoms with van der Waals surface area (Å²) in [6, 6.07) is 25.8. The summed E-state index contributed by atoms with van der Waals surface area (Å²) in [5.74, 6) is 1.31. The average Bonchev–Trinajstić information content (AvgIpc) is 2.84.